The minimum Gasteiger partial charge on any atom is -0.550 e. The van der Waals surface area contributed by atoms with Gasteiger partial charge < -0.3 is 19.8 Å². The van der Waals surface area contributed by atoms with Crippen LogP contribution in [0.3, 0.4) is 0 Å². The second-order valence-corrected chi connectivity index (χ2v) is 5.46. The molecule has 0 heterocycles. The van der Waals surface area contributed by atoms with Gasteiger partial charge in [0.1, 0.15) is 6.29 Å². The Bertz CT molecular complexity index is 342. The number of rotatable bonds is 7. The Labute approximate surface area is 136 Å². The Morgan fingerprint density at radius 2 is 2.16 bits per heavy atom. The molecule has 0 aliphatic heterocycles. The van der Waals surface area contributed by atoms with Crippen LogP contribution in [0.1, 0.15) is 33.1 Å². The zero-order valence-corrected chi connectivity index (χ0v) is 14.0. The smallest absolute Gasteiger partial charge is 0.550 e. The SMILES string of the molecule is C[C@H](CO)[C@H]1C=C[C@@H](CC=O)[C@]1(C)CCC(=O)[O-].[Na+]. The Kier molecular flexibility index (Phi) is 8.13. The molecule has 1 N–H and O–H groups in total. The van der Waals surface area contributed by atoms with Crippen LogP contribution in [0, 0.1) is 23.2 Å². The fraction of sp³-hybridized carbons (Fsp3) is 0.714. The molecule has 1 aliphatic carbocycles. The van der Waals surface area contributed by atoms with Crippen LogP contribution in [-0.2, 0) is 9.59 Å². The van der Waals surface area contributed by atoms with Crippen molar-refractivity contribution in [1.29, 1.82) is 0 Å². The van der Waals surface area contributed by atoms with Gasteiger partial charge in [0.15, 0.2) is 0 Å². The predicted molar refractivity (Wildman–Crippen MR) is 65.4 cm³/mol. The van der Waals surface area contributed by atoms with E-state index < -0.39 is 5.97 Å². The van der Waals surface area contributed by atoms with Gasteiger partial charge in [-0.2, -0.15) is 0 Å². The van der Waals surface area contributed by atoms with Gasteiger partial charge in [-0.15, -0.1) is 0 Å². The van der Waals surface area contributed by atoms with Crippen LogP contribution in [0.2, 0.25) is 0 Å². The van der Waals surface area contributed by atoms with Crippen molar-refractivity contribution in [3.63, 3.8) is 0 Å². The third-order valence-electron chi connectivity index (χ3n) is 4.28. The van der Waals surface area contributed by atoms with E-state index in [2.05, 4.69) is 0 Å². The van der Waals surface area contributed by atoms with Gasteiger partial charge in [-0.25, -0.2) is 0 Å². The molecular formula is C14H21NaO4. The summed E-state index contributed by atoms with van der Waals surface area (Å²) in [7, 11) is 0. The van der Waals surface area contributed by atoms with Gasteiger partial charge in [0.25, 0.3) is 0 Å². The van der Waals surface area contributed by atoms with E-state index in [1.165, 1.54) is 0 Å². The maximum absolute atomic E-state index is 10.7. The monoisotopic (exact) mass is 276 g/mol. The molecule has 0 aromatic heterocycles. The molecule has 4 atom stereocenters. The number of allylic oxidation sites excluding steroid dienone is 2. The molecule has 5 heteroatoms. The van der Waals surface area contributed by atoms with Gasteiger partial charge in [0.05, 0.1) is 0 Å². The molecule has 0 unspecified atom stereocenters. The Balaban J connectivity index is 0.00000324. The van der Waals surface area contributed by atoms with Crippen LogP contribution in [0.5, 0.6) is 0 Å². The molecule has 4 nitrogen and oxygen atoms in total. The summed E-state index contributed by atoms with van der Waals surface area (Å²) in [6.07, 6.45) is 5.73. The van der Waals surface area contributed by atoms with E-state index in [4.69, 9.17) is 0 Å². The van der Waals surface area contributed by atoms with Gasteiger partial charge in [-0.1, -0.05) is 26.0 Å². The van der Waals surface area contributed by atoms with Gasteiger partial charge in [0, 0.05) is 19.0 Å². The number of carbonyl (C=O) groups is 2. The summed E-state index contributed by atoms with van der Waals surface area (Å²) < 4.78 is 0. The molecule has 0 spiro atoms. The molecule has 0 amide bonds. The maximum Gasteiger partial charge on any atom is 1.00 e. The number of aliphatic carboxylic acids is 1. The number of aliphatic hydroxyl groups is 1. The van der Waals surface area contributed by atoms with E-state index in [-0.39, 0.29) is 65.8 Å². The second kappa shape index (κ2) is 8.20. The molecule has 1 rings (SSSR count). The quantitative estimate of drug-likeness (QED) is 0.318. The van der Waals surface area contributed by atoms with Gasteiger partial charge >= 0.3 is 29.6 Å². The average molecular weight is 276 g/mol. The number of carboxylic acids is 1. The number of carbonyl (C=O) groups excluding carboxylic acids is 2. The summed E-state index contributed by atoms with van der Waals surface area (Å²) in [5.41, 5.74) is -0.289. The summed E-state index contributed by atoms with van der Waals surface area (Å²) in [5.74, 6) is -0.854. The molecule has 102 valence electrons. The molecule has 0 aromatic rings. The first-order valence-electron chi connectivity index (χ1n) is 6.38. The van der Waals surface area contributed by atoms with E-state index in [0.29, 0.717) is 12.8 Å². The van der Waals surface area contributed by atoms with Gasteiger partial charge in [-0.3, -0.25) is 0 Å². The predicted octanol–water partition coefficient (Wildman–Crippen LogP) is -2.45. The van der Waals surface area contributed by atoms with Crippen LogP contribution in [0.25, 0.3) is 0 Å². The van der Waals surface area contributed by atoms with E-state index in [1.54, 1.807) is 0 Å². The molecule has 0 radical (unpaired) electrons. The fourth-order valence-electron chi connectivity index (χ4n) is 3.07. The van der Waals surface area contributed by atoms with Crippen LogP contribution < -0.4 is 34.7 Å². The zero-order chi connectivity index (χ0) is 13.8. The fourth-order valence-corrected chi connectivity index (χ4v) is 3.07. The minimum absolute atomic E-state index is 0. The first-order chi connectivity index (χ1) is 8.45. The topological polar surface area (TPSA) is 77.4 Å². The number of carboxylic acid groups (broad SMARTS) is 1. The maximum atomic E-state index is 10.7. The van der Waals surface area contributed by atoms with Crippen LogP contribution in [0.4, 0.5) is 0 Å². The van der Waals surface area contributed by atoms with Gasteiger partial charge in [-0.05, 0) is 36.0 Å². The van der Waals surface area contributed by atoms with Crippen molar-refractivity contribution < 1.29 is 49.4 Å². The largest absolute Gasteiger partial charge is 1.00 e. The van der Waals surface area contributed by atoms with E-state index in [1.807, 2.05) is 26.0 Å². The van der Waals surface area contributed by atoms with Crippen LogP contribution >= 0.6 is 0 Å². The average Bonchev–Trinajstić information content (AvgIpc) is 2.65. The van der Waals surface area contributed by atoms with Crippen molar-refractivity contribution in [3.05, 3.63) is 12.2 Å². The van der Waals surface area contributed by atoms with Crippen molar-refractivity contribution in [2.24, 2.45) is 23.2 Å². The Hall–Kier alpha value is -0.160. The number of aliphatic hydroxyl groups excluding tert-OH is 1. The first-order valence-corrected chi connectivity index (χ1v) is 6.38. The van der Waals surface area contributed by atoms with E-state index in [0.717, 1.165) is 6.29 Å². The Morgan fingerprint density at radius 1 is 1.53 bits per heavy atom. The molecule has 0 fully saturated rings. The van der Waals surface area contributed by atoms with Crippen LogP contribution in [0.15, 0.2) is 12.2 Å². The van der Waals surface area contributed by atoms with Crippen molar-refractivity contribution in [3.8, 4) is 0 Å². The molecule has 0 aromatic carbocycles. The molecule has 1 aliphatic rings. The molecule has 0 saturated carbocycles. The van der Waals surface area contributed by atoms with Crippen molar-refractivity contribution in [1.82, 2.24) is 0 Å². The third kappa shape index (κ3) is 4.42. The Morgan fingerprint density at radius 3 is 2.63 bits per heavy atom. The summed E-state index contributed by atoms with van der Waals surface area (Å²) in [5, 5.41) is 19.9. The summed E-state index contributed by atoms with van der Waals surface area (Å²) >= 11 is 0. The second-order valence-electron chi connectivity index (χ2n) is 5.46. The normalized spacial score (nSPS) is 30.7. The minimum atomic E-state index is -1.07. The third-order valence-corrected chi connectivity index (χ3v) is 4.28. The molecular weight excluding hydrogens is 255 g/mol. The van der Waals surface area contributed by atoms with Crippen molar-refractivity contribution in [2.75, 3.05) is 6.61 Å². The number of aldehydes is 1. The summed E-state index contributed by atoms with van der Waals surface area (Å²) in [6, 6.07) is 0. The van der Waals surface area contributed by atoms with Crippen molar-refractivity contribution >= 4 is 12.3 Å². The number of hydrogen-bond acceptors (Lipinski definition) is 4. The molecule has 19 heavy (non-hydrogen) atoms. The standard InChI is InChI=1S/C14H22O4.Na/c1-10(9-16)12-4-3-11(6-8-15)14(12,2)7-5-13(17)18;/h3-4,8,10-12,16H,5-7,9H2,1-2H3,(H,17,18);/q;+1/p-1/t10-,11+,12-,14+;/m1./s1. The summed E-state index contributed by atoms with van der Waals surface area (Å²) in [4.78, 5) is 21.4. The van der Waals surface area contributed by atoms with Crippen LogP contribution in [-0.4, -0.2) is 24.0 Å². The first kappa shape index (κ1) is 18.8. The molecule has 0 bridgehead atoms. The van der Waals surface area contributed by atoms with E-state index >= 15 is 0 Å². The zero-order valence-electron chi connectivity index (χ0n) is 12.0. The summed E-state index contributed by atoms with van der Waals surface area (Å²) in [6.45, 7) is 4.00. The van der Waals surface area contributed by atoms with Gasteiger partial charge in [0.2, 0.25) is 0 Å². The van der Waals surface area contributed by atoms with E-state index in [9.17, 15) is 19.8 Å². The van der Waals surface area contributed by atoms with Crippen molar-refractivity contribution in [2.45, 2.75) is 33.1 Å². The molecule has 0 saturated heterocycles. The number of hydrogen-bond donors (Lipinski definition) is 1.